The van der Waals surface area contributed by atoms with E-state index in [4.69, 9.17) is 4.74 Å². The number of nitrogens with one attached hydrogen (secondary N) is 2. The fourth-order valence-corrected chi connectivity index (χ4v) is 2.40. The molecule has 2 amide bonds. The molecule has 2 N–H and O–H groups in total. The van der Waals surface area contributed by atoms with Crippen molar-refractivity contribution in [2.24, 2.45) is 5.92 Å². The summed E-state index contributed by atoms with van der Waals surface area (Å²) in [6, 6.07) is 11.5. The van der Waals surface area contributed by atoms with Gasteiger partial charge in [0.1, 0.15) is 11.8 Å². The van der Waals surface area contributed by atoms with Gasteiger partial charge in [-0.3, -0.25) is 10.1 Å². The zero-order chi connectivity index (χ0) is 20.0. The zero-order valence-electron chi connectivity index (χ0n) is 15.3. The molecule has 2 rings (SSSR count). The minimum absolute atomic E-state index is 0.0597. The maximum Gasteiger partial charge on any atom is 0.334 e. The van der Waals surface area contributed by atoms with Gasteiger partial charge in [0, 0.05) is 17.3 Å². The van der Waals surface area contributed by atoms with Crippen molar-refractivity contribution in [2.45, 2.75) is 26.8 Å². The molecule has 27 heavy (non-hydrogen) atoms. The molecule has 2 aromatic rings. The molecule has 0 saturated carbocycles. The van der Waals surface area contributed by atoms with E-state index in [9.17, 15) is 19.7 Å². The summed E-state index contributed by atoms with van der Waals surface area (Å²) < 4.78 is 5.30. The van der Waals surface area contributed by atoms with Gasteiger partial charge in [0.15, 0.2) is 0 Å². The number of nitro groups is 1. The van der Waals surface area contributed by atoms with Crippen molar-refractivity contribution in [3.8, 4) is 5.75 Å². The number of rotatable bonds is 6. The van der Waals surface area contributed by atoms with Gasteiger partial charge in [-0.25, -0.2) is 9.59 Å². The summed E-state index contributed by atoms with van der Waals surface area (Å²) >= 11 is 0. The summed E-state index contributed by atoms with van der Waals surface area (Å²) in [7, 11) is 0. The van der Waals surface area contributed by atoms with Crippen molar-refractivity contribution in [1.29, 1.82) is 0 Å². The Morgan fingerprint density at radius 1 is 1.11 bits per heavy atom. The van der Waals surface area contributed by atoms with E-state index >= 15 is 0 Å². The van der Waals surface area contributed by atoms with E-state index in [1.807, 2.05) is 6.07 Å². The fourth-order valence-electron chi connectivity index (χ4n) is 2.40. The lowest BCUT2D eigenvalue weighted by Crippen LogP contribution is -2.48. The number of urea groups is 1. The molecule has 0 aliphatic carbocycles. The number of carbonyl (C=O) groups excluding carboxylic acids is 2. The Kier molecular flexibility index (Phi) is 6.48. The molecule has 0 radical (unpaired) electrons. The SMILES string of the molecule is Cc1cc(OC(=O)C(NC(=O)Nc2ccccc2)C(C)C)ccc1[N+](=O)[O-]. The lowest BCUT2D eigenvalue weighted by atomic mass is 10.1. The molecule has 0 saturated heterocycles. The number of hydrogen-bond donors (Lipinski definition) is 2. The highest BCUT2D eigenvalue weighted by atomic mass is 16.6. The van der Waals surface area contributed by atoms with Crippen LogP contribution in [0.3, 0.4) is 0 Å². The number of hydrogen-bond acceptors (Lipinski definition) is 5. The monoisotopic (exact) mass is 371 g/mol. The first-order chi connectivity index (χ1) is 12.8. The largest absolute Gasteiger partial charge is 0.425 e. The maximum absolute atomic E-state index is 12.5. The van der Waals surface area contributed by atoms with Gasteiger partial charge < -0.3 is 15.4 Å². The summed E-state index contributed by atoms with van der Waals surface area (Å²) in [4.78, 5) is 35.0. The van der Waals surface area contributed by atoms with Gasteiger partial charge in [-0.1, -0.05) is 32.0 Å². The number of amides is 2. The molecular weight excluding hydrogens is 350 g/mol. The van der Waals surface area contributed by atoms with Crippen LogP contribution in [0.15, 0.2) is 48.5 Å². The molecule has 1 atom stereocenters. The molecule has 0 spiro atoms. The van der Waals surface area contributed by atoms with Crippen molar-refractivity contribution in [2.75, 3.05) is 5.32 Å². The van der Waals surface area contributed by atoms with Gasteiger partial charge in [0.2, 0.25) is 0 Å². The Bertz CT molecular complexity index is 836. The van der Waals surface area contributed by atoms with E-state index in [0.29, 0.717) is 11.3 Å². The second kappa shape index (κ2) is 8.79. The van der Waals surface area contributed by atoms with Crippen LogP contribution in [-0.2, 0) is 4.79 Å². The Labute approximate surface area is 156 Å². The van der Waals surface area contributed by atoms with Crippen molar-refractivity contribution < 1.29 is 19.2 Å². The van der Waals surface area contributed by atoms with Gasteiger partial charge in [0.05, 0.1) is 4.92 Å². The second-order valence-corrected chi connectivity index (χ2v) is 6.31. The van der Waals surface area contributed by atoms with E-state index < -0.39 is 23.0 Å². The normalized spacial score (nSPS) is 11.6. The number of anilines is 1. The molecule has 2 aromatic carbocycles. The second-order valence-electron chi connectivity index (χ2n) is 6.31. The van der Waals surface area contributed by atoms with Crippen LogP contribution in [0.5, 0.6) is 5.75 Å². The van der Waals surface area contributed by atoms with Crippen LogP contribution < -0.4 is 15.4 Å². The lowest BCUT2D eigenvalue weighted by Gasteiger charge is -2.21. The summed E-state index contributed by atoms with van der Waals surface area (Å²) in [5, 5.41) is 16.1. The first kappa shape index (κ1) is 19.9. The highest BCUT2D eigenvalue weighted by Gasteiger charge is 2.26. The predicted octanol–water partition coefficient (Wildman–Crippen LogP) is 3.65. The third-order valence-corrected chi connectivity index (χ3v) is 3.82. The number of nitrogens with zero attached hydrogens (tertiary/aromatic N) is 1. The van der Waals surface area contributed by atoms with E-state index in [2.05, 4.69) is 10.6 Å². The summed E-state index contributed by atoms with van der Waals surface area (Å²) in [6.07, 6.45) is 0. The Balaban J connectivity index is 2.05. The number of para-hydroxylation sites is 1. The van der Waals surface area contributed by atoms with Crippen LogP contribution in [-0.4, -0.2) is 23.0 Å². The first-order valence-corrected chi connectivity index (χ1v) is 8.37. The van der Waals surface area contributed by atoms with Crippen LogP contribution in [0.4, 0.5) is 16.2 Å². The van der Waals surface area contributed by atoms with Crippen LogP contribution in [0, 0.1) is 23.0 Å². The quantitative estimate of drug-likeness (QED) is 0.348. The lowest BCUT2D eigenvalue weighted by molar-refractivity contribution is -0.385. The molecule has 0 aromatic heterocycles. The number of esters is 1. The third-order valence-electron chi connectivity index (χ3n) is 3.82. The topological polar surface area (TPSA) is 111 Å². The van der Waals surface area contributed by atoms with Gasteiger partial charge in [-0.2, -0.15) is 0 Å². The van der Waals surface area contributed by atoms with Gasteiger partial charge in [0.25, 0.3) is 5.69 Å². The molecule has 0 bridgehead atoms. The highest BCUT2D eigenvalue weighted by molar-refractivity contribution is 5.93. The minimum Gasteiger partial charge on any atom is -0.425 e. The number of ether oxygens (including phenoxy) is 1. The number of nitro benzene ring substituents is 1. The molecule has 0 aliphatic rings. The average Bonchev–Trinajstić information content (AvgIpc) is 2.60. The van der Waals surface area contributed by atoms with Crippen molar-refractivity contribution >= 4 is 23.4 Å². The molecule has 142 valence electrons. The molecule has 1 unspecified atom stereocenters. The van der Waals surface area contributed by atoms with Crippen LogP contribution in [0.1, 0.15) is 19.4 Å². The van der Waals surface area contributed by atoms with Gasteiger partial charge in [-0.15, -0.1) is 0 Å². The fraction of sp³-hybridized carbons (Fsp3) is 0.263. The minimum atomic E-state index is -0.885. The standard InChI is InChI=1S/C19H21N3O5/c1-12(2)17(21-19(24)20-14-7-5-4-6-8-14)18(23)27-15-9-10-16(22(25)26)13(3)11-15/h4-12,17H,1-3H3,(H2,20,21,24). The van der Waals surface area contributed by atoms with Gasteiger partial charge in [-0.05, 0) is 37.1 Å². The average molecular weight is 371 g/mol. The number of aryl methyl sites for hydroxylation is 1. The summed E-state index contributed by atoms with van der Waals surface area (Å²) in [5.41, 5.74) is 0.911. The maximum atomic E-state index is 12.5. The number of carbonyl (C=O) groups is 2. The molecule has 0 fully saturated rings. The Hall–Kier alpha value is -3.42. The first-order valence-electron chi connectivity index (χ1n) is 8.37. The van der Waals surface area contributed by atoms with E-state index in [1.165, 1.54) is 18.2 Å². The van der Waals surface area contributed by atoms with E-state index in [-0.39, 0.29) is 17.4 Å². The van der Waals surface area contributed by atoms with Crippen molar-refractivity contribution in [3.05, 3.63) is 64.2 Å². The molecular formula is C19H21N3O5. The van der Waals surface area contributed by atoms with Crippen LogP contribution in [0.25, 0.3) is 0 Å². The summed E-state index contributed by atoms with van der Waals surface area (Å²) in [5.74, 6) is -0.696. The third kappa shape index (κ3) is 5.53. The van der Waals surface area contributed by atoms with Crippen LogP contribution in [0.2, 0.25) is 0 Å². The molecule has 8 heteroatoms. The Morgan fingerprint density at radius 3 is 2.33 bits per heavy atom. The van der Waals surface area contributed by atoms with E-state index in [1.54, 1.807) is 45.0 Å². The molecule has 8 nitrogen and oxygen atoms in total. The molecule has 0 aliphatic heterocycles. The van der Waals surface area contributed by atoms with Crippen LogP contribution >= 0.6 is 0 Å². The van der Waals surface area contributed by atoms with Gasteiger partial charge >= 0.3 is 12.0 Å². The predicted molar refractivity (Wildman–Crippen MR) is 101 cm³/mol. The zero-order valence-corrected chi connectivity index (χ0v) is 15.3. The Morgan fingerprint density at radius 2 is 1.78 bits per heavy atom. The smallest absolute Gasteiger partial charge is 0.334 e. The summed E-state index contributed by atoms with van der Waals surface area (Å²) in [6.45, 7) is 5.10. The van der Waals surface area contributed by atoms with E-state index in [0.717, 1.165) is 0 Å². The van der Waals surface area contributed by atoms with Crippen molar-refractivity contribution in [3.63, 3.8) is 0 Å². The number of benzene rings is 2. The van der Waals surface area contributed by atoms with Crippen molar-refractivity contribution in [1.82, 2.24) is 5.32 Å². The highest BCUT2D eigenvalue weighted by Crippen LogP contribution is 2.23. The molecule has 0 heterocycles.